The summed E-state index contributed by atoms with van der Waals surface area (Å²) in [6, 6.07) is 15.8. The van der Waals surface area contributed by atoms with E-state index in [1.807, 2.05) is 48.5 Å². The summed E-state index contributed by atoms with van der Waals surface area (Å²) in [4.78, 5) is 15.1. The van der Waals surface area contributed by atoms with E-state index in [2.05, 4.69) is 23.3 Å². The molecule has 2 aromatic carbocycles. The first-order valence-electron chi connectivity index (χ1n) is 7.99. The quantitative estimate of drug-likeness (QED) is 0.662. The van der Waals surface area contributed by atoms with Crippen LogP contribution in [0, 0.1) is 0 Å². The number of likely N-dealkylation sites (N-methyl/N-ethyl adjacent to an activating group) is 1. The molecule has 122 valence electrons. The smallest absolute Gasteiger partial charge is 0.197 e. The van der Waals surface area contributed by atoms with E-state index in [1.54, 1.807) is 0 Å². The Bertz CT molecular complexity index is 793. The molecule has 0 saturated carbocycles. The first-order chi connectivity index (χ1) is 10.8. The first kappa shape index (κ1) is 17.5. The maximum absolute atomic E-state index is 12.7. The summed E-state index contributed by atoms with van der Waals surface area (Å²) < 4.78 is 2.28. The van der Waals surface area contributed by atoms with Gasteiger partial charge in [-0.2, -0.15) is 0 Å². The van der Waals surface area contributed by atoms with Gasteiger partial charge in [-0.3, -0.25) is 4.79 Å². The van der Waals surface area contributed by atoms with Crippen molar-refractivity contribution in [3.63, 3.8) is 0 Å². The van der Waals surface area contributed by atoms with E-state index in [-0.39, 0.29) is 17.8 Å². The third-order valence-corrected chi connectivity index (χ3v) is 4.41. The van der Waals surface area contributed by atoms with Gasteiger partial charge in [-0.1, -0.05) is 38.1 Å². The summed E-state index contributed by atoms with van der Waals surface area (Å²) in [5.41, 5.74) is 2.18. The van der Waals surface area contributed by atoms with Gasteiger partial charge in [-0.15, -0.1) is 12.4 Å². The monoisotopic (exact) mass is 330 g/mol. The third kappa shape index (κ3) is 3.26. The molecule has 0 fully saturated rings. The molecule has 0 radical (unpaired) electrons. The van der Waals surface area contributed by atoms with Crippen molar-refractivity contribution in [3.8, 4) is 0 Å². The molecule has 0 aliphatic heterocycles. The van der Waals surface area contributed by atoms with Gasteiger partial charge in [-0.05, 0) is 37.4 Å². The van der Waals surface area contributed by atoms with E-state index in [0.717, 1.165) is 48.0 Å². The summed E-state index contributed by atoms with van der Waals surface area (Å²) in [7, 11) is 0. The molecular formula is C19H23ClN2O. The molecular weight excluding hydrogens is 308 g/mol. The van der Waals surface area contributed by atoms with Crippen molar-refractivity contribution in [2.24, 2.45) is 0 Å². The maximum Gasteiger partial charge on any atom is 0.197 e. The highest BCUT2D eigenvalue weighted by Crippen LogP contribution is 2.19. The van der Waals surface area contributed by atoms with Gasteiger partial charge in [0.25, 0.3) is 0 Å². The van der Waals surface area contributed by atoms with Gasteiger partial charge in [0.05, 0.1) is 11.0 Å². The Morgan fingerprint density at radius 1 is 0.870 bits per heavy atom. The minimum absolute atomic E-state index is 0. The summed E-state index contributed by atoms with van der Waals surface area (Å²) in [5, 5.41) is 1.61. The number of fused-ring (bicyclic) bond motifs is 2. The summed E-state index contributed by atoms with van der Waals surface area (Å²) >= 11 is 0. The van der Waals surface area contributed by atoms with Crippen molar-refractivity contribution in [1.82, 2.24) is 9.47 Å². The standard InChI is InChI=1S/C19H22N2O.ClH/c1-3-20(4-2)13-14-21-17-11-7-5-9-15(17)19(22)16-10-6-8-12-18(16)21;/h5-12H,3-4,13-14H2,1-2H3;1H. The zero-order valence-corrected chi connectivity index (χ0v) is 14.5. The molecule has 4 heteroatoms. The number of rotatable bonds is 5. The summed E-state index contributed by atoms with van der Waals surface area (Å²) in [5.74, 6) is 0. The highest BCUT2D eigenvalue weighted by Gasteiger charge is 2.10. The van der Waals surface area contributed by atoms with Crippen LogP contribution < -0.4 is 5.43 Å². The van der Waals surface area contributed by atoms with E-state index < -0.39 is 0 Å². The number of nitrogens with zero attached hydrogens (tertiary/aromatic N) is 2. The highest BCUT2D eigenvalue weighted by atomic mass is 35.5. The van der Waals surface area contributed by atoms with Crippen molar-refractivity contribution >= 4 is 34.2 Å². The van der Waals surface area contributed by atoms with Crippen molar-refractivity contribution in [2.75, 3.05) is 19.6 Å². The van der Waals surface area contributed by atoms with Crippen LogP contribution in [-0.4, -0.2) is 29.1 Å². The molecule has 0 spiro atoms. The lowest BCUT2D eigenvalue weighted by molar-refractivity contribution is 0.293. The van der Waals surface area contributed by atoms with Gasteiger partial charge in [0.2, 0.25) is 0 Å². The Balaban J connectivity index is 0.00000192. The Kier molecular flexibility index (Phi) is 5.80. The normalized spacial score (nSPS) is 11.1. The lowest BCUT2D eigenvalue weighted by atomic mass is 10.1. The molecule has 0 unspecified atom stereocenters. The van der Waals surface area contributed by atoms with Crippen LogP contribution in [0.3, 0.4) is 0 Å². The number of pyridine rings is 1. The van der Waals surface area contributed by atoms with E-state index >= 15 is 0 Å². The molecule has 1 aromatic heterocycles. The van der Waals surface area contributed by atoms with Crippen LogP contribution in [0.25, 0.3) is 21.8 Å². The van der Waals surface area contributed by atoms with Crippen molar-refractivity contribution in [1.29, 1.82) is 0 Å². The summed E-state index contributed by atoms with van der Waals surface area (Å²) in [6.45, 7) is 8.35. The molecule has 0 saturated heterocycles. The fourth-order valence-corrected chi connectivity index (χ4v) is 3.10. The molecule has 0 N–H and O–H groups in total. The highest BCUT2D eigenvalue weighted by molar-refractivity contribution is 5.93. The van der Waals surface area contributed by atoms with Crippen molar-refractivity contribution in [3.05, 3.63) is 58.8 Å². The third-order valence-electron chi connectivity index (χ3n) is 4.41. The van der Waals surface area contributed by atoms with Gasteiger partial charge in [0.1, 0.15) is 0 Å². The molecule has 0 bridgehead atoms. The van der Waals surface area contributed by atoms with Crippen LogP contribution in [0.15, 0.2) is 53.3 Å². The SMILES string of the molecule is CCN(CC)CCn1c2ccccc2c(=O)c2ccccc21.Cl. The predicted molar refractivity (Wildman–Crippen MR) is 101 cm³/mol. The molecule has 23 heavy (non-hydrogen) atoms. The minimum Gasteiger partial charge on any atom is -0.339 e. The maximum atomic E-state index is 12.7. The van der Waals surface area contributed by atoms with E-state index in [1.165, 1.54) is 0 Å². The Morgan fingerprint density at radius 2 is 1.35 bits per heavy atom. The van der Waals surface area contributed by atoms with Crippen molar-refractivity contribution < 1.29 is 0 Å². The second-order valence-electron chi connectivity index (χ2n) is 5.54. The van der Waals surface area contributed by atoms with Crippen LogP contribution >= 0.6 is 12.4 Å². The number of hydrogen-bond donors (Lipinski definition) is 0. The number of benzene rings is 2. The molecule has 0 atom stereocenters. The van der Waals surface area contributed by atoms with Crippen LogP contribution in [0.5, 0.6) is 0 Å². The molecule has 1 heterocycles. The second-order valence-corrected chi connectivity index (χ2v) is 5.54. The number of hydrogen-bond acceptors (Lipinski definition) is 2. The molecule has 0 aliphatic rings. The first-order valence-corrected chi connectivity index (χ1v) is 7.99. The Labute approximate surface area is 142 Å². The van der Waals surface area contributed by atoms with Crippen molar-refractivity contribution in [2.45, 2.75) is 20.4 Å². The Morgan fingerprint density at radius 3 is 1.83 bits per heavy atom. The lowest BCUT2D eigenvalue weighted by Gasteiger charge is -2.21. The van der Waals surface area contributed by atoms with Crippen LogP contribution in [0.1, 0.15) is 13.8 Å². The zero-order chi connectivity index (χ0) is 15.5. The fourth-order valence-electron chi connectivity index (χ4n) is 3.10. The van der Waals surface area contributed by atoms with Gasteiger partial charge >= 0.3 is 0 Å². The zero-order valence-electron chi connectivity index (χ0n) is 13.7. The fraction of sp³-hybridized carbons (Fsp3) is 0.316. The summed E-state index contributed by atoms with van der Waals surface area (Å²) in [6.07, 6.45) is 0. The van der Waals surface area contributed by atoms with E-state index in [9.17, 15) is 4.79 Å². The number of aromatic nitrogens is 1. The van der Waals surface area contributed by atoms with Gasteiger partial charge in [-0.25, -0.2) is 0 Å². The predicted octanol–water partition coefficient (Wildman–Crippen LogP) is 3.92. The average Bonchev–Trinajstić information content (AvgIpc) is 2.58. The van der Waals surface area contributed by atoms with Crippen LogP contribution in [-0.2, 0) is 6.54 Å². The van der Waals surface area contributed by atoms with Gasteiger partial charge in [0.15, 0.2) is 5.43 Å². The second kappa shape index (κ2) is 7.62. The molecule has 0 amide bonds. The van der Waals surface area contributed by atoms with Crippen LogP contribution in [0.2, 0.25) is 0 Å². The van der Waals surface area contributed by atoms with E-state index in [4.69, 9.17) is 0 Å². The molecule has 3 aromatic rings. The minimum atomic E-state index is 0. The molecule has 0 aliphatic carbocycles. The lowest BCUT2D eigenvalue weighted by Crippen LogP contribution is -2.27. The average molecular weight is 331 g/mol. The van der Waals surface area contributed by atoms with Gasteiger partial charge in [0, 0.05) is 23.9 Å². The Hall–Kier alpha value is -1.84. The van der Waals surface area contributed by atoms with Gasteiger partial charge < -0.3 is 9.47 Å². The topological polar surface area (TPSA) is 25.2 Å². The largest absolute Gasteiger partial charge is 0.339 e. The van der Waals surface area contributed by atoms with E-state index in [0.29, 0.717) is 0 Å². The molecule has 3 nitrogen and oxygen atoms in total. The number of para-hydroxylation sites is 2. The molecule has 3 rings (SSSR count). The van der Waals surface area contributed by atoms with Crippen LogP contribution in [0.4, 0.5) is 0 Å². The number of halogens is 1.